The average Bonchev–Trinajstić information content (AvgIpc) is 3.04. The number of carboxylic acids is 1. The Labute approximate surface area is 156 Å². The SMILES string of the molecule is CCOc1cc(/C=C(/Sc2n[nH]c(CC)n2)C(=O)[O-])ccc1OC(C)C. The smallest absolute Gasteiger partial charge is 0.213 e. The summed E-state index contributed by atoms with van der Waals surface area (Å²) in [4.78, 5) is 15.7. The van der Waals surface area contributed by atoms with E-state index in [1.165, 1.54) is 6.08 Å². The number of nitrogens with one attached hydrogen (secondary N) is 1. The molecular weight excluding hydrogens is 354 g/mol. The van der Waals surface area contributed by atoms with Gasteiger partial charge in [-0.15, -0.1) is 5.10 Å². The highest BCUT2D eigenvalue weighted by molar-refractivity contribution is 8.04. The molecule has 0 radical (unpaired) electrons. The number of hydrogen-bond acceptors (Lipinski definition) is 7. The third-order valence-corrected chi connectivity index (χ3v) is 4.05. The van der Waals surface area contributed by atoms with Crippen LogP contribution in [0.15, 0.2) is 28.3 Å². The molecule has 0 amide bonds. The van der Waals surface area contributed by atoms with Crippen LogP contribution in [0.3, 0.4) is 0 Å². The molecule has 0 spiro atoms. The van der Waals surface area contributed by atoms with Crippen LogP contribution in [0.2, 0.25) is 0 Å². The van der Waals surface area contributed by atoms with E-state index < -0.39 is 5.97 Å². The number of aliphatic carboxylic acids is 1. The van der Waals surface area contributed by atoms with Gasteiger partial charge in [-0.2, -0.15) is 0 Å². The highest BCUT2D eigenvalue weighted by atomic mass is 32.2. The van der Waals surface area contributed by atoms with E-state index in [-0.39, 0.29) is 11.0 Å². The minimum absolute atomic E-state index is 0.00318. The maximum absolute atomic E-state index is 11.5. The topological polar surface area (TPSA) is 100 Å². The first kappa shape index (κ1) is 19.8. The van der Waals surface area contributed by atoms with Gasteiger partial charge in [0.2, 0.25) is 5.16 Å². The highest BCUT2D eigenvalue weighted by Gasteiger charge is 2.11. The quantitative estimate of drug-likeness (QED) is 0.530. The van der Waals surface area contributed by atoms with Crippen LogP contribution in [0.5, 0.6) is 11.5 Å². The van der Waals surface area contributed by atoms with Crippen molar-refractivity contribution in [2.45, 2.75) is 45.4 Å². The van der Waals surface area contributed by atoms with Gasteiger partial charge >= 0.3 is 0 Å². The minimum atomic E-state index is -1.29. The molecule has 0 atom stereocenters. The van der Waals surface area contributed by atoms with Crippen molar-refractivity contribution in [3.63, 3.8) is 0 Å². The normalized spacial score (nSPS) is 11.7. The lowest BCUT2D eigenvalue weighted by atomic mass is 10.2. The number of carbonyl (C=O) groups is 1. The Morgan fingerprint density at radius 3 is 2.69 bits per heavy atom. The Hall–Kier alpha value is -2.48. The fraction of sp³-hybridized carbons (Fsp3) is 0.389. The van der Waals surface area contributed by atoms with E-state index >= 15 is 0 Å². The fourth-order valence-electron chi connectivity index (χ4n) is 2.10. The molecule has 1 heterocycles. The van der Waals surface area contributed by atoms with E-state index in [2.05, 4.69) is 15.2 Å². The molecule has 0 aliphatic carbocycles. The summed E-state index contributed by atoms with van der Waals surface area (Å²) in [6.07, 6.45) is 2.19. The lowest BCUT2D eigenvalue weighted by Gasteiger charge is -2.15. The van der Waals surface area contributed by atoms with Gasteiger partial charge in [0.25, 0.3) is 0 Å². The lowest BCUT2D eigenvalue weighted by molar-refractivity contribution is -0.297. The first-order chi connectivity index (χ1) is 12.4. The molecule has 0 aliphatic heterocycles. The van der Waals surface area contributed by atoms with E-state index in [0.717, 1.165) is 11.8 Å². The number of thioether (sulfide) groups is 1. The third kappa shape index (κ3) is 5.52. The number of aryl methyl sites for hydroxylation is 1. The fourth-order valence-corrected chi connectivity index (χ4v) is 2.82. The Morgan fingerprint density at radius 2 is 2.12 bits per heavy atom. The molecule has 2 aromatic rings. The van der Waals surface area contributed by atoms with Gasteiger partial charge in [-0.1, -0.05) is 13.0 Å². The molecule has 7 nitrogen and oxygen atoms in total. The first-order valence-corrected chi connectivity index (χ1v) is 9.20. The second kappa shape index (κ2) is 9.28. The molecule has 0 saturated carbocycles. The van der Waals surface area contributed by atoms with Crippen LogP contribution in [0, 0.1) is 0 Å². The molecule has 1 aromatic heterocycles. The van der Waals surface area contributed by atoms with Crippen molar-refractivity contribution >= 4 is 23.8 Å². The van der Waals surface area contributed by atoms with Gasteiger partial charge in [0.1, 0.15) is 5.82 Å². The lowest BCUT2D eigenvalue weighted by Crippen LogP contribution is -2.23. The van der Waals surface area contributed by atoms with Gasteiger partial charge < -0.3 is 19.4 Å². The number of carboxylic acid groups (broad SMARTS) is 1. The number of aromatic nitrogens is 3. The molecular formula is C18H22N3O4S-. The van der Waals surface area contributed by atoms with Crippen LogP contribution in [0.1, 0.15) is 39.1 Å². The predicted molar refractivity (Wildman–Crippen MR) is 98.0 cm³/mol. The van der Waals surface area contributed by atoms with E-state index in [1.54, 1.807) is 18.2 Å². The maximum Gasteiger partial charge on any atom is 0.213 e. The van der Waals surface area contributed by atoms with Crippen LogP contribution < -0.4 is 14.6 Å². The molecule has 0 unspecified atom stereocenters. The zero-order valence-electron chi connectivity index (χ0n) is 15.2. The monoisotopic (exact) mass is 376 g/mol. The van der Waals surface area contributed by atoms with Crippen LogP contribution in [-0.4, -0.2) is 33.9 Å². The molecule has 140 valence electrons. The summed E-state index contributed by atoms with van der Waals surface area (Å²) < 4.78 is 11.3. The van der Waals surface area contributed by atoms with Crippen LogP contribution in [0.25, 0.3) is 6.08 Å². The largest absolute Gasteiger partial charge is 0.544 e. The average molecular weight is 376 g/mol. The highest BCUT2D eigenvalue weighted by Crippen LogP contribution is 2.32. The summed E-state index contributed by atoms with van der Waals surface area (Å²) in [5.74, 6) is 0.573. The van der Waals surface area contributed by atoms with E-state index in [4.69, 9.17) is 9.47 Å². The van der Waals surface area contributed by atoms with Gasteiger partial charge in [0.15, 0.2) is 11.5 Å². The van der Waals surface area contributed by atoms with Gasteiger partial charge in [-0.25, -0.2) is 4.98 Å². The summed E-state index contributed by atoms with van der Waals surface area (Å²) in [6.45, 7) is 8.13. The number of hydrogen-bond donors (Lipinski definition) is 1. The molecule has 0 saturated heterocycles. The van der Waals surface area contributed by atoms with Gasteiger partial charge in [-0.3, -0.25) is 5.10 Å². The number of ether oxygens (including phenoxy) is 2. The van der Waals surface area contributed by atoms with E-state index in [0.29, 0.717) is 41.1 Å². The Kier molecular flexibility index (Phi) is 7.08. The van der Waals surface area contributed by atoms with Gasteiger partial charge in [-0.05, 0) is 56.3 Å². The zero-order chi connectivity index (χ0) is 19.1. The Balaban J connectivity index is 2.30. The van der Waals surface area contributed by atoms with Crippen molar-refractivity contribution in [3.05, 3.63) is 34.5 Å². The molecule has 0 bridgehead atoms. The maximum atomic E-state index is 11.5. The summed E-state index contributed by atoms with van der Waals surface area (Å²) >= 11 is 0.935. The third-order valence-electron chi connectivity index (χ3n) is 3.18. The predicted octanol–water partition coefficient (Wildman–Crippen LogP) is 2.44. The summed E-state index contributed by atoms with van der Waals surface area (Å²) in [5.41, 5.74) is 0.655. The van der Waals surface area contributed by atoms with Crippen molar-refractivity contribution in [2.24, 2.45) is 0 Å². The van der Waals surface area contributed by atoms with Gasteiger partial charge in [0.05, 0.1) is 18.7 Å². The number of aromatic amines is 1. The molecule has 1 N–H and O–H groups in total. The van der Waals surface area contributed by atoms with E-state index in [9.17, 15) is 9.90 Å². The molecule has 0 aliphatic rings. The first-order valence-electron chi connectivity index (χ1n) is 8.38. The Bertz CT molecular complexity index is 786. The summed E-state index contributed by atoms with van der Waals surface area (Å²) in [5, 5.41) is 18.6. The molecule has 26 heavy (non-hydrogen) atoms. The van der Waals surface area contributed by atoms with Crippen LogP contribution >= 0.6 is 11.8 Å². The van der Waals surface area contributed by atoms with Gasteiger partial charge in [0, 0.05) is 11.3 Å². The summed E-state index contributed by atoms with van der Waals surface area (Å²) in [6, 6.07) is 5.26. The molecule has 1 aromatic carbocycles. The van der Waals surface area contributed by atoms with Crippen LogP contribution in [0.4, 0.5) is 0 Å². The molecule has 0 fully saturated rings. The molecule has 8 heteroatoms. The van der Waals surface area contributed by atoms with Crippen molar-refractivity contribution in [1.29, 1.82) is 0 Å². The number of H-pyrrole nitrogens is 1. The van der Waals surface area contributed by atoms with Crippen LogP contribution in [-0.2, 0) is 11.2 Å². The standard InChI is InChI=1S/C18H23N3O4S/c1-5-16-19-18(21-20-16)26-15(17(22)23)10-12-7-8-13(25-11(3)4)14(9-12)24-6-2/h7-11H,5-6H2,1-4H3,(H,22,23)(H,19,20,21)/p-1/b15-10+. The second-order valence-corrected chi connectivity index (χ2v) is 6.63. The van der Waals surface area contributed by atoms with Crippen molar-refractivity contribution in [2.75, 3.05) is 6.61 Å². The number of benzene rings is 1. The summed E-state index contributed by atoms with van der Waals surface area (Å²) in [7, 11) is 0. The van der Waals surface area contributed by atoms with Crippen molar-refractivity contribution < 1.29 is 19.4 Å². The second-order valence-electron chi connectivity index (χ2n) is 5.62. The number of rotatable bonds is 9. The number of nitrogens with zero attached hydrogens (tertiary/aromatic N) is 2. The zero-order valence-corrected chi connectivity index (χ0v) is 16.1. The van der Waals surface area contributed by atoms with E-state index in [1.807, 2.05) is 27.7 Å². The number of carbonyl (C=O) groups excluding carboxylic acids is 1. The van der Waals surface area contributed by atoms with Crippen molar-refractivity contribution in [3.8, 4) is 11.5 Å². The minimum Gasteiger partial charge on any atom is -0.544 e. The van der Waals surface area contributed by atoms with Crippen molar-refractivity contribution in [1.82, 2.24) is 15.2 Å². The Morgan fingerprint density at radius 1 is 1.35 bits per heavy atom. The molecule has 2 rings (SSSR count).